The highest BCUT2D eigenvalue weighted by Gasteiger charge is 2.21. The summed E-state index contributed by atoms with van der Waals surface area (Å²) in [5.41, 5.74) is 2.12. The van der Waals surface area contributed by atoms with Gasteiger partial charge in [-0.3, -0.25) is 4.79 Å². The van der Waals surface area contributed by atoms with Crippen molar-refractivity contribution in [3.8, 4) is 0 Å². The minimum atomic E-state index is -1.30. The molecule has 2 aromatic carbocycles. The summed E-state index contributed by atoms with van der Waals surface area (Å²) in [6.07, 6.45) is 1.14. The van der Waals surface area contributed by atoms with Gasteiger partial charge in [0.1, 0.15) is 6.04 Å². The molecular formula is C18H21NO3S. The van der Waals surface area contributed by atoms with Gasteiger partial charge >= 0.3 is 5.97 Å². The number of methoxy groups -OCH3 is 1. The van der Waals surface area contributed by atoms with E-state index in [4.69, 9.17) is 4.74 Å². The van der Waals surface area contributed by atoms with Crippen LogP contribution in [0.15, 0.2) is 60.7 Å². The smallest absolute Gasteiger partial charge is 0.324 e. The highest BCUT2D eigenvalue weighted by atomic mass is 32.2. The van der Waals surface area contributed by atoms with E-state index in [9.17, 15) is 9.00 Å². The van der Waals surface area contributed by atoms with Gasteiger partial charge in [-0.25, -0.2) is 8.93 Å². The number of nitrogens with one attached hydrogen (secondary N) is 1. The van der Waals surface area contributed by atoms with Crippen LogP contribution in [-0.2, 0) is 33.4 Å². The van der Waals surface area contributed by atoms with Gasteiger partial charge in [0.15, 0.2) is 0 Å². The molecule has 0 heterocycles. The summed E-state index contributed by atoms with van der Waals surface area (Å²) in [4.78, 5) is 11.9. The molecule has 122 valence electrons. The monoisotopic (exact) mass is 331 g/mol. The maximum Gasteiger partial charge on any atom is 0.324 e. The summed E-state index contributed by atoms with van der Waals surface area (Å²) in [7, 11) is 0.0449. The van der Waals surface area contributed by atoms with Crippen LogP contribution in [0.4, 0.5) is 0 Å². The Hall–Kier alpha value is -1.98. The van der Waals surface area contributed by atoms with Crippen molar-refractivity contribution in [3.63, 3.8) is 0 Å². The van der Waals surface area contributed by atoms with E-state index in [-0.39, 0.29) is 0 Å². The second-order valence-electron chi connectivity index (χ2n) is 5.17. The molecule has 0 amide bonds. The molecule has 0 aromatic heterocycles. The molecule has 4 nitrogen and oxygen atoms in total. The van der Waals surface area contributed by atoms with Gasteiger partial charge in [-0.05, 0) is 24.0 Å². The zero-order valence-corrected chi connectivity index (χ0v) is 13.9. The van der Waals surface area contributed by atoms with E-state index in [0.29, 0.717) is 18.6 Å². The van der Waals surface area contributed by atoms with Crippen molar-refractivity contribution >= 4 is 17.0 Å². The molecule has 0 bridgehead atoms. The van der Waals surface area contributed by atoms with E-state index in [1.54, 1.807) is 0 Å². The maximum atomic E-state index is 12.2. The van der Waals surface area contributed by atoms with E-state index in [2.05, 4.69) is 4.72 Å². The lowest BCUT2D eigenvalue weighted by atomic mass is 10.1. The first-order chi connectivity index (χ1) is 11.2. The van der Waals surface area contributed by atoms with Gasteiger partial charge in [0.05, 0.1) is 18.1 Å². The van der Waals surface area contributed by atoms with Gasteiger partial charge < -0.3 is 4.74 Å². The van der Waals surface area contributed by atoms with Crippen molar-refractivity contribution in [1.82, 2.24) is 4.72 Å². The van der Waals surface area contributed by atoms with Gasteiger partial charge in [0.25, 0.3) is 0 Å². The van der Waals surface area contributed by atoms with Crippen LogP contribution in [-0.4, -0.2) is 29.1 Å². The quantitative estimate of drug-likeness (QED) is 0.755. The normalized spacial score (nSPS) is 13.3. The molecule has 2 atom stereocenters. The third kappa shape index (κ3) is 5.96. The highest BCUT2D eigenvalue weighted by Crippen LogP contribution is 2.06. The van der Waals surface area contributed by atoms with Crippen molar-refractivity contribution in [2.75, 3.05) is 12.9 Å². The lowest BCUT2D eigenvalue weighted by Gasteiger charge is -2.16. The minimum absolute atomic E-state index is 0.401. The topological polar surface area (TPSA) is 55.4 Å². The van der Waals surface area contributed by atoms with Crippen LogP contribution in [0.1, 0.15) is 11.1 Å². The molecule has 2 aromatic rings. The molecule has 0 saturated carbocycles. The molecule has 1 unspecified atom stereocenters. The molecule has 0 aliphatic rings. The molecule has 1 N–H and O–H groups in total. The molecule has 0 radical (unpaired) electrons. The van der Waals surface area contributed by atoms with Crippen molar-refractivity contribution in [3.05, 3.63) is 71.8 Å². The Morgan fingerprint density at radius 2 is 1.61 bits per heavy atom. The lowest BCUT2D eigenvalue weighted by Crippen LogP contribution is -2.41. The molecule has 23 heavy (non-hydrogen) atoms. The lowest BCUT2D eigenvalue weighted by molar-refractivity contribution is -0.142. The van der Waals surface area contributed by atoms with Gasteiger partial charge in [-0.1, -0.05) is 60.7 Å². The fraction of sp³-hybridized carbons (Fsp3) is 0.278. The molecule has 0 spiro atoms. The van der Waals surface area contributed by atoms with Crippen LogP contribution in [0.25, 0.3) is 0 Å². The Morgan fingerprint density at radius 3 is 2.17 bits per heavy atom. The Bertz CT molecular complexity index is 631. The summed E-state index contributed by atoms with van der Waals surface area (Å²) in [5, 5.41) is 0. The van der Waals surface area contributed by atoms with Crippen molar-refractivity contribution in [1.29, 1.82) is 0 Å². The Kier molecular flexibility index (Phi) is 6.97. The van der Waals surface area contributed by atoms with Gasteiger partial charge in [-0.15, -0.1) is 0 Å². The van der Waals surface area contributed by atoms with Crippen LogP contribution in [0.5, 0.6) is 0 Å². The Morgan fingerprint density at radius 1 is 1.04 bits per heavy atom. The summed E-state index contributed by atoms with van der Waals surface area (Å²) in [6.45, 7) is 0. The second kappa shape index (κ2) is 9.22. The van der Waals surface area contributed by atoms with Gasteiger partial charge in [-0.2, -0.15) is 0 Å². The first-order valence-electron chi connectivity index (χ1n) is 7.49. The molecule has 0 saturated heterocycles. The summed E-state index contributed by atoms with van der Waals surface area (Å²) >= 11 is 0. The predicted molar refractivity (Wildman–Crippen MR) is 92.2 cm³/mol. The summed E-state index contributed by atoms with van der Waals surface area (Å²) in [6, 6.07) is 18.9. The van der Waals surface area contributed by atoms with E-state index in [0.717, 1.165) is 11.1 Å². The third-order valence-corrected chi connectivity index (χ3v) is 4.58. The number of carbonyl (C=O) groups excluding carboxylic acids is 1. The first kappa shape index (κ1) is 17.4. The standard InChI is InChI=1S/C18H21NO3S/c1-22-18(20)17(14-16-10-6-3-7-11-16)19-23(21)13-12-15-8-4-2-5-9-15/h2-11,17,19H,12-14H2,1H3/t17-,23?/m0/s1. The number of hydrogen-bond acceptors (Lipinski definition) is 3. The molecule has 0 aliphatic heterocycles. The average Bonchev–Trinajstić information content (AvgIpc) is 2.60. The number of carbonyl (C=O) groups is 1. The number of esters is 1. The number of rotatable bonds is 8. The zero-order chi connectivity index (χ0) is 16.5. The summed E-state index contributed by atoms with van der Waals surface area (Å²) in [5.74, 6) is 0.0497. The van der Waals surface area contributed by atoms with Crippen molar-refractivity contribution in [2.45, 2.75) is 18.9 Å². The van der Waals surface area contributed by atoms with Crippen molar-refractivity contribution < 1.29 is 13.7 Å². The van der Waals surface area contributed by atoms with Crippen LogP contribution >= 0.6 is 0 Å². The number of ether oxygens (including phenoxy) is 1. The molecular weight excluding hydrogens is 310 g/mol. The van der Waals surface area contributed by atoms with Crippen LogP contribution in [0.3, 0.4) is 0 Å². The SMILES string of the molecule is COC(=O)[C@H](Cc1ccccc1)NS(=O)CCc1ccccc1. The Labute approximate surface area is 139 Å². The predicted octanol–water partition coefficient (Wildman–Crippen LogP) is 2.27. The van der Waals surface area contributed by atoms with Gasteiger partial charge in [0.2, 0.25) is 0 Å². The second-order valence-corrected chi connectivity index (χ2v) is 6.50. The molecule has 2 rings (SSSR count). The molecule has 0 fully saturated rings. The van der Waals surface area contributed by atoms with E-state index < -0.39 is 23.0 Å². The minimum Gasteiger partial charge on any atom is -0.468 e. The fourth-order valence-electron chi connectivity index (χ4n) is 2.24. The molecule has 5 heteroatoms. The first-order valence-corrected chi connectivity index (χ1v) is 8.81. The average molecular weight is 331 g/mol. The largest absolute Gasteiger partial charge is 0.468 e. The number of benzene rings is 2. The third-order valence-electron chi connectivity index (χ3n) is 3.46. The fourth-order valence-corrected chi connectivity index (χ4v) is 3.27. The van der Waals surface area contributed by atoms with Gasteiger partial charge in [0, 0.05) is 5.75 Å². The number of aryl methyl sites for hydroxylation is 1. The van der Waals surface area contributed by atoms with E-state index in [1.165, 1.54) is 7.11 Å². The van der Waals surface area contributed by atoms with E-state index in [1.807, 2.05) is 60.7 Å². The maximum absolute atomic E-state index is 12.2. The molecule has 0 aliphatic carbocycles. The van der Waals surface area contributed by atoms with Crippen LogP contribution < -0.4 is 4.72 Å². The Balaban J connectivity index is 1.91. The zero-order valence-electron chi connectivity index (χ0n) is 13.1. The van der Waals surface area contributed by atoms with Crippen LogP contribution in [0, 0.1) is 0 Å². The number of hydrogen-bond donors (Lipinski definition) is 1. The van der Waals surface area contributed by atoms with E-state index >= 15 is 0 Å². The highest BCUT2D eigenvalue weighted by molar-refractivity contribution is 7.83. The van der Waals surface area contributed by atoms with Crippen molar-refractivity contribution in [2.24, 2.45) is 0 Å². The van der Waals surface area contributed by atoms with Crippen LogP contribution in [0.2, 0.25) is 0 Å². The summed E-state index contributed by atoms with van der Waals surface area (Å²) < 4.78 is 19.9.